The molecule has 7 heteroatoms. The maximum atomic E-state index is 12.3. The lowest BCUT2D eigenvalue weighted by molar-refractivity contribution is 0.0479. The van der Waals surface area contributed by atoms with Gasteiger partial charge in [-0.25, -0.2) is 14.6 Å². The first-order valence-corrected chi connectivity index (χ1v) is 11.7. The van der Waals surface area contributed by atoms with Gasteiger partial charge in [0, 0.05) is 18.2 Å². The van der Waals surface area contributed by atoms with E-state index in [9.17, 15) is 9.59 Å². The maximum Gasteiger partial charge on any atom is 0.356 e. The van der Waals surface area contributed by atoms with Gasteiger partial charge < -0.3 is 14.4 Å². The van der Waals surface area contributed by atoms with Crippen molar-refractivity contribution in [3.8, 4) is 0 Å². The summed E-state index contributed by atoms with van der Waals surface area (Å²) >= 11 is 0. The Kier molecular flexibility index (Phi) is 9.40. The molecule has 1 fully saturated rings. The van der Waals surface area contributed by atoms with E-state index in [1.165, 1.54) is 36.6 Å². The van der Waals surface area contributed by atoms with Gasteiger partial charge in [0.05, 0.1) is 19.3 Å². The molecule has 0 saturated carbocycles. The highest BCUT2D eigenvalue weighted by molar-refractivity contribution is 5.91. The molecule has 4 rings (SSSR count). The number of piperidine rings is 1. The molecule has 0 atom stereocenters. The summed E-state index contributed by atoms with van der Waals surface area (Å²) in [6.07, 6.45) is 4.22. The van der Waals surface area contributed by atoms with E-state index in [1.807, 2.05) is 0 Å². The molecule has 1 aliphatic rings. The van der Waals surface area contributed by atoms with Crippen molar-refractivity contribution >= 4 is 24.3 Å². The average molecular weight is 495 g/mol. The summed E-state index contributed by atoms with van der Waals surface area (Å²) in [6, 6.07) is 24.6. The van der Waals surface area contributed by atoms with Crippen LogP contribution in [-0.2, 0) is 14.9 Å². The third-order valence-electron chi connectivity index (χ3n) is 6.61. The van der Waals surface area contributed by atoms with E-state index in [2.05, 4.69) is 75.3 Å². The zero-order chi connectivity index (χ0) is 23.8. The maximum absolute atomic E-state index is 12.3. The molecule has 1 saturated heterocycles. The summed E-state index contributed by atoms with van der Waals surface area (Å²) in [5.41, 5.74) is 3.27. The molecule has 3 aromatic rings. The molecule has 2 heterocycles. The summed E-state index contributed by atoms with van der Waals surface area (Å²) in [7, 11) is 1.29. The first-order valence-electron chi connectivity index (χ1n) is 11.7. The largest absolute Gasteiger partial charge is 0.464 e. The molecule has 1 aliphatic heterocycles. The Bertz CT molecular complexity index is 1040. The lowest BCUT2D eigenvalue weighted by atomic mass is 9.68. The minimum atomic E-state index is -0.537. The fourth-order valence-electron chi connectivity index (χ4n) is 4.69. The minimum Gasteiger partial charge on any atom is -0.464 e. The topological polar surface area (TPSA) is 68.7 Å². The van der Waals surface area contributed by atoms with Crippen molar-refractivity contribution in [1.82, 2.24) is 9.88 Å². The molecule has 0 N–H and O–H groups in total. The molecule has 0 amide bonds. The molecule has 1 aromatic heterocycles. The van der Waals surface area contributed by atoms with E-state index in [-0.39, 0.29) is 23.5 Å². The van der Waals surface area contributed by atoms with Crippen molar-refractivity contribution in [3.63, 3.8) is 0 Å². The minimum absolute atomic E-state index is 0. The number of halogens is 1. The number of hydrogen-bond acceptors (Lipinski definition) is 6. The van der Waals surface area contributed by atoms with Crippen LogP contribution >= 0.6 is 12.4 Å². The van der Waals surface area contributed by atoms with Gasteiger partial charge in [0.2, 0.25) is 0 Å². The normalized spacial score (nSPS) is 15.0. The summed E-state index contributed by atoms with van der Waals surface area (Å²) < 4.78 is 10.0. The number of carbonyl (C=O) groups excluding carboxylic acids is 2. The Balaban J connectivity index is 0.00000342. The van der Waals surface area contributed by atoms with Crippen molar-refractivity contribution in [3.05, 3.63) is 101 Å². The molecule has 184 valence electrons. The zero-order valence-electron chi connectivity index (χ0n) is 19.9. The fraction of sp³-hybridized carbons (Fsp3) is 0.321. The SMILES string of the molecule is COC(=O)c1ccc(C(=O)OCCCN2CCC(c3ccccc3)(c3ccccc3)CC2)cn1.Cl. The van der Waals surface area contributed by atoms with Crippen LogP contribution in [0, 0.1) is 0 Å². The van der Waals surface area contributed by atoms with Crippen molar-refractivity contribution in [2.75, 3.05) is 33.4 Å². The number of pyridine rings is 1. The molecule has 0 aliphatic carbocycles. The molecular weight excluding hydrogens is 464 g/mol. The molecular formula is C28H31ClN2O4. The van der Waals surface area contributed by atoms with Crippen LogP contribution in [-0.4, -0.2) is 55.2 Å². The molecule has 6 nitrogen and oxygen atoms in total. The number of ether oxygens (including phenoxy) is 2. The number of benzene rings is 2. The zero-order valence-corrected chi connectivity index (χ0v) is 20.7. The summed E-state index contributed by atoms with van der Waals surface area (Å²) in [4.78, 5) is 30.1. The number of aromatic nitrogens is 1. The highest BCUT2D eigenvalue weighted by Gasteiger charge is 2.37. The first kappa shape index (κ1) is 26.4. The second-order valence-electron chi connectivity index (χ2n) is 8.57. The lowest BCUT2D eigenvalue weighted by Crippen LogP contribution is -2.43. The molecule has 35 heavy (non-hydrogen) atoms. The van der Waals surface area contributed by atoms with Crippen LogP contribution in [0.2, 0.25) is 0 Å². The van der Waals surface area contributed by atoms with Crippen LogP contribution in [0.4, 0.5) is 0 Å². The number of methoxy groups -OCH3 is 1. The van der Waals surface area contributed by atoms with Crippen molar-refractivity contribution in [2.24, 2.45) is 0 Å². The Morgan fingerprint density at radius 2 is 1.49 bits per heavy atom. The van der Waals surface area contributed by atoms with Gasteiger partial charge in [-0.1, -0.05) is 60.7 Å². The Morgan fingerprint density at radius 3 is 2.00 bits per heavy atom. The van der Waals surface area contributed by atoms with Crippen molar-refractivity contribution < 1.29 is 19.1 Å². The molecule has 0 radical (unpaired) electrons. The van der Waals surface area contributed by atoms with E-state index >= 15 is 0 Å². The van der Waals surface area contributed by atoms with E-state index in [4.69, 9.17) is 4.74 Å². The second-order valence-corrected chi connectivity index (χ2v) is 8.57. The van der Waals surface area contributed by atoms with E-state index in [0.717, 1.165) is 38.9 Å². The van der Waals surface area contributed by atoms with Crippen molar-refractivity contribution in [1.29, 1.82) is 0 Å². The van der Waals surface area contributed by atoms with Crippen LogP contribution < -0.4 is 0 Å². The van der Waals surface area contributed by atoms with Gasteiger partial charge >= 0.3 is 11.9 Å². The summed E-state index contributed by atoms with van der Waals surface area (Å²) in [6.45, 7) is 3.22. The van der Waals surface area contributed by atoms with E-state index < -0.39 is 11.9 Å². The highest BCUT2D eigenvalue weighted by atomic mass is 35.5. The smallest absolute Gasteiger partial charge is 0.356 e. The van der Waals surface area contributed by atoms with Gasteiger partial charge in [-0.3, -0.25) is 0 Å². The number of rotatable bonds is 8. The third-order valence-corrected chi connectivity index (χ3v) is 6.61. The monoisotopic (exact) mass is 494 g/mol. The standard InChI is InChI=1S/C28H30N2O4.ClH/c1-33-27(32)25-14-13-22(21-29-25)26(31)34-20-8-17-30-18-15-28(16-19-30,23-9-4-2-5-10-23)24-11-6-3-7-12-24;/h2-7,9-14,21H,8,15-20H2,1H3;1H. The first-order chi connectivity index (χ1) is 16.6. The number of carbonyl (C=O) groups is 2. The van der Waals surface area contributed by atoms with E-state index in [0.29, 0.717) is 12.2 Å². The van der Waals surface area contributed by atoms with Crippen LogP contribution in [0.5, 0.6) is 0 Å². The predicted molar refractivity (Wildman–Crippen MR) is 137 cm³/mol. The average Bonchev–Trinajstić information content (AvgIpc) is 2.92. The summed E-state index contributed by atoms with van der Waals surface area (Å²) in [5.74, 6) is -0.972. The molecule has 0 unspecified atom stereocenters. The van der Waals surface area contributed by atoms with Gasteiger partial charge in [0.1, 0.15) is 5.69 Å². The number of hydrogen-bond donors (Lipinski definition) is 0. The Labute approximate surface area is 212 Å². The number of nitrogens with zero attached hydrogens (tertiary/aromatic N) is 2. The van der Waals surface area contributed by atoms with Gasteiger partial charge in [-0.05, 0) is 55.6 Å². The van der Waals surface area contributed by atoms with Gasteiger partial charge in [-0.2, -0.15) is 0 Å². The van der Waals surface area contributed by atoms with Crippen LogP contribution in [0.3, 0.4) is 0 Å². The van der Waals surface area contributed by atoms with Gasteiger partial charge in [0.25, 0.3) is 0 Å². The van der Waals surface area contributed by atoms with Crippen LogP contribution in [0.1, 0.15) is 51.2 Å². The number of likely N-dealkylation sites (tertiary alicyclic amines) is 1. The summed E-state index contributed by atoms with van der Waals surface area (Å²) in [5, 5.41) is 0. The lowest BCUT2D eigenvalue weighted by Gasteiger charge is -2.43. The Morgan fingerprint density at radius 1 is 0.886 bits per heavy atom. The van der Waals surface area contributed by atoms with Crippen LogP contribution in [0.15, 0.2) is 79.0 Å². The molecule has 2 aromatic carbocycles. The quantitative estimate of drug-likeness (QED) is 0.327. The second kappa shape index (κ2) is 12.5. The molecule has 0 bridgehead atoms. The van der Waals surface area contributed by atoms with Gasteiger partial charge in [-0.15, -0.1) is 12.4 Å². The van der Waals surface area contributed by atoms with Crippen LogP contribution in [0.25, 0.3) is 0 Å². The third kappa shape index (κ3) is 6.27. The fourth-order valence-corrected chi connectivity index (χ4v) is 4.69. The van der Waals surface area contributed by atoms with Crippen molar-refractivity contribution in [2.45, 2.75) is 24.7 Å². The number of esters is 2. The Hall–Kier alpha value is -3.22. The molecule has 0 spiro atoms. The predicted octanol–water partition coefficient (Wildman–Crippen LogP) is 4.92. The highest BCUT2D eigenvalue weighted by Crippen LogP contribution is 2.41. The van der Waals surface area contributed by atoms with E-state index in [1.54, 1.807) is 0 Å². The van der Waals surface area contributed by atoms with Gasteiger partial charge in [0.15, 0.2) is 0 Å².